The first kappa shape index (κ1) is 15.4. The van der Waals surface area contributed by atoms with Crippen LogP contribution in [-0.2, 0) is 0 Å². The van der Waals surface area contributed by atoms with Gasteiger partial charge in [-0.15, -0.1) is 0 Å². The van der Waals surface area contributed by atoms with Crippen molar-refractivity contribution in [2.24, 2.45) is 0 Å². The van der Waals surface area contributed by atoms with E-state index in [1.165, 1.54) is 0 Å². The van der Waals surface area contributed by atoms with Gasteiger partial charge in [0.1, 0.15) is 0 Å². The van der Waals surface area contributed by atoms with Gasteiger partial charge in [-0.25, -0.2) is 0 Å². The fourth-order valence-electron chi connectivity index (χ4n) is 1.47. The zero-order valence-corrected chi connectivity index (χ0v) is 11.6. The second-order valence-corrected chi connectivity index (χ2v) is 3.89. The van der Waals surface area contributed by atoms with E-state index in [9.17, 15) is 9.59 Å². The molecular weight excluding hydrogens is 252 g/mol. The SMILES string of the molecule is CNC(=O)c1ccccc1.CNC(=O)c1ccccc1. The van der Waals surface area contributed by atoms with Gasteiger partial charge in [-0.2, -0.15) is 0 Å². The predicted molar refractivity (Wildman–Crippen MR) is 79.7 cm³/mol. The third-order valence-electron chi connectivity index (χ3n) is 2.53. The summed E-state index contributed by atoms with van der Waals surface area (Å²) in [5.41, 5.74) is 1.40. The molecule has 104 valence electrons. The number of carbonyl (C=O) groups is 2. The van der Waals surface area contributed by atoms with Crippen LogP contribution in [0.4, 0.5) is 0 Å². The van der Waals surface area contributed by atoms with Gasteiger partial charge in [0.05, 0.1) is 0 Å². The van der Waals surface area contributed by atoms with Crippen molar-refractivity contribution in [2.45, 2.75) is 0 Å². The van der Waals surface area contributed by atoms with Crippen LogP contribution >= 0.6 is 0 Å². The average molecular weight is 270 g/mol. The van der Waals surface area contributed by atoms with E-state index < -0.39 is 0 Å². The Morgan fingerprint density at radius 1 is 0.650 bits per heavy atom. The van der Waals surface area contributed by atoms with Gasteiger partial charge in [-0.1, -0.05) is 36.4 Å². The van der Waals surface area contributed by atoms with Gasteiger partial charge in [0, 0.05) is 25.2 Å². The van der Waals surface area contributed by atoms with E-state index in [-0.39, 0.29) is 11.8 Å². The highest BCUT2D eigenvalue weighted by Crippen LogP contribution is 1.97. The van der Waals surface area contributed by atoms with Gasteiger partial charge in [-0.05, 0) is 24.3 Å². The largest absolute Gasteiger partial charge is 0.355 e. The molecular formula is C16H18N2O2. The minimum atomic E-state index is -0.0411. The van der Waals surface area contributed by atoms with Gasteiger partial charge in [-0.3, -0.25) is 9.59 Å². The minimum absolute atomic E-state index is 0.0411. The fourth-order valence-corrected chi connectivity index (χ4v) is 1.47. The molecule has 0 fully saturated rings. The number of hydrogen-bond acceptors (Lipinski definition) is 2. The Kier molecular flexibility index (Phi) is 6.54. The van der Waals surface area contributed by atoms with Crippen molar-refractivity contribution < 1.29 is 9.59 Å². The summed E-state index contributed by atoms with van der Waals surface area (Å²) in [6.45, 7) is 0. The number of nitrogens with one attached hydrogen (secondary N) is 2. The lowest BCUT2D eigenvalue weighted by Gasteiger charge is -1.96. The molecule has 2 rings (SSSR count). The van der Waals surface area contributed by atoms with Crippen molar-refractivity contribution >= 4 is 11.8 Å². The zero-order chi connectivity index (χ0) is 14.8. The van der Waals surface area contributed by atoms with Gasteiger partial charge < -0.3 is 10.6 Å². The van der Waals surface area contributed by atoms with Crippen LogP contribution in [-0.4, -0.2) is 25.9 Å². The monoisotopic (exact) mass is 270 g/mol. The first-order chi connectivity index (χ1) is 9.69. The van der Waals surface area contributed by atoms with Crippen LogP contribution < -0.4 is 10.6 Å². The molecule has 0 aliphatic carbocycles. The molecule has 2 N–H and O–H groups in total. The normalized spacial score (nSPS) is 8.90. The third kappa shape index (κ3) is 4.94. The van der Waals surface area contributed by atoms with Crippen molar-refractivity contribution in [1.82, 2.24) is 10.6 Å². The number of amides is 2. The first-order valence-electron chi connectivity index (χ1n) is 6.23. The highest BCUT2D eigenvalue weighted by Gasteiger charge is 1.98. The summed E-state index contributed by atoms with van der Waals surface area (Å²) >= 11 is 0. The molecule has 2 aromatic carbocycles. The molecule has 0 radical (unpaired) electrons. The third-order valence-corrected chi connectivity index (χ3v) is 2.53. The summed E-state index contributed by atoms with van der Waals surface area (Å²) in [5.74, 6) is -0.0822. The van der Waals surface area contributed by atoms with Crippen LogP contribution in [0.25, 0.3) is 0 Å². The lowest BCUT2D eigenvalue weighted by atomic mass is 10.2. The van der Waals surface area contributed by atoms with Gasteiger partial charge in [0.25, 0.3) is 11.8 Å². The Hall–Kier alpha value is -2.62. The lowest BCUT2D eigenvalue weighted by molar-refractivity contribution is 0.0955. The molecule has 0 heterocycles. The molecule has 0 aliphatic rings. The number of carbonyl (C=O) groups excluding carboxylic acids is 2. The van der Waals surface area contributed by atoms with Crippen molar-refractivity contribution in [3.63, 3.8) is 0 Å². The van der Waals surface area contributed by atoms with Gasteiger partial charge in [0.2, 0.25) is 0 Å². The molecule has 0 saturated carbocycles. The summed E-state index contributed by atoms with van der Waals surface area (Å²) in [7, 11) is 3.24. The standard InChI is InChI=1S/2C8H9NO/c2*1-9-8(10)7-5-3-2-4-6-7/h2*2-6H,1H3,(H,9,10). The molecule has 0 aromatic heterocycles. The van der Waals surface area contributed by atoms with Crippen molar-refractivity contribution in [3.8, 4) is 0 Å². The summed E-state index contributed by atoms with van der Waals surface area (Å²) < 4.78 is 0. The molecule has 20 heavy (non-hydrogen) atoms. The lowest BCUT2D eigenvalue weighted by Crippen LogP contribution is -2.17. The van der Waals surface area contributed by atoms with Crippen LogP contribution in [0.3, 0.4) is 0 Å². The second kappa shape index (κ2) is 8.48. The minimum Gasteiger partial charge on any atom is -0.355 e. The smallest absolute Gasteiger partial charge is 0.251 e. The van der Waals surface area contributed by atoms with E-state index in [1.807, 2.05) is 36.4 Å². The molecule has 0 aliphatic heterocycles. The average Bonchev–Trinajstić information content (AvgIpc) is 2.55. The van der Waals surface area contributed by atoms with E-state index in [1.54, 1.807) is 38.4 Å². The fraction of sp³-hybridized carbons (Fsp3) is 0.125. The molecule has 2 amide bonds. The van der Waals surface area contributed by atoms with Gasteiger partial charge >= 0.3 is 0 Å². The van der Waals surface area contributed by atoms with Gasteiger partial charge in [0.15, 0.2) is 0 Å². The first-order valence-corrected chi connectivity index (χ1v) is 6.23. The van der Waals surface area contributed by atoms with Crippen molar-refractivity contribution in [2.75, 3.05) is 14.1 Å². The Labute approximate surface area is 118 Å². The molecule has 2 aromatic rings. The van der Waals surface area contributed by atoms with Crippen molar-refractivity contribution in [1.29, 1.82) is 0 Å². The second-order valence-electron chi connectivity index (χ2n) is 3.89. The van der Waals surface area contributed by atoms with E-state index in [4.69, 9.17) is 0 Å². The van der Waals surface area contributed by atoms with Crippen LogP contribution in [0, 0.1) is 0 Å². The Bertz CT molecular complexity index is 487. The summed E-state index contributed by atoms with van der Waals surface area (Å²) in [6, 6.07) is 18.2. The van der Waals surface area contributed by atoms with Crippen LogP contribution in [0.1, 0.15) is 20.7 Å². The predicted octanol–water partition coefficient (Wildman–Crippen LogP) is 2.09. The summed E-state index contributed by atoms with van der Waals surface area (Å²) in [4.78, 5) is 21.8. The zero-order valence-electron chi connectivity index (χ0n) is 11.6. The number of hydrogen-bond donors (Lipinski definition) is 2. The number of rotatable bonds is 2. The molecule has 4 heteroatoms. The maximum atomic E-state index is 10.9. The van der Waals surface area contributed by atoms with E-state index in [2.05, 4.69) is 10.6 Å². The highest BCUT2D eigenvalue weighted by molar-refractivity contribution is 5.94. The highest BCUT2D eigenvalue weighted by atomic mass is 16.2. The Morgan fingerprint density at radius 3 is 1.20 bits per heavy atom. The van der Waals surface area contributed by atoms with E-state index in [0.717, 1.165) is 0 Å². The maximum Gasteiger partial charge on any atom is 0.251 e. The van der Waals surface area contributed by atoms with Crippen LogP contribution in [0.15, 0.2) is 60.7 Å². The van der Waals surface area contributed by atoms with E-state index >= 15 is 0 Å². The molecule has 0 unspecified atom stereocenters. The molecule has 0 bridgehead atoms. The molecule has 0 spiro atoms. The summed E-state index contributed by atoms with van der Waals surface area (Å²) in [5, 5.41) is 5.08. The van der Waals surface area contributed by atoms with Crippen LogP contribution in [0.5, 0.6) is 0 Å². The Balaban J connectivity index is 0.000000200. The maximum absolute atomic E-state index is 10.9. The molecule has 0 atom stereocenters. The van der Waals surface area contributed by atoms with E-state index in [0.29, 0.717) is 11.1 Å². The Morgan fingerprint density at radius 2 is 0.950 bits per heavy atom. The summed E-state index contributed by atoms with van der Waals surface area (Å²) in [6.07, 6.45) is 0. The van der Waals surface area contributed by atoms with Crippen molar-refractivity contribution in [3.05, 3.63) is 71.8 Å². The topological polar surface area (TPSA) is 58.2 Å². The molecule has 0 saturated heterocycles. The number of benzene rings is 2. The van der Waals surface area contributed by atoms with Crippen LogP contribution in [0.2, 0.25) is 0 Å². The quantitative estimate of drug-likeness (QED) is 0.878. The molecule has 4 nitrogen and oxygen atoms in total.